The Labute approximate surface area is 143 Å². The number of aromatic nitrogens is 2. The van der Waals surface area contributed by atoms with Crippen LogP contribution in [0.15, 0.2) is 29.5 Å². The number of pyridine rings is 1. The van der Waals surface area contributed by atoms with Crippen molar-refractivity contribution in [3.05, 3.63) is 35.8 Å². The molecule has 0 aliphatic heterocycles. The fourth-order valence-electron chi connectivity index (χ4n) is 3.65. The van der Waals surface area contributed by atoms with Crippen molar-refractivity contribution in [2.24, 2.45) is 22.9 Å². The van der Waals surface area contributed by atoms with Crippen molar-refractivity contribution in [2.45, 2.75) is 47.0 Å². The molecule has 2 atom stereocenters. The SMILES string of the molecule is Cc1nc2ccccn2c1C(=O)NN=C1C[C@@H](C)CC[C@H]1C(C)C. The number of hydrogen-bond donors (Lipinski definition) is 1. The number of nitrogens with zero attached hydrogens (tertiary/aromatic N) is 3. The number of hydrazone groups is 1. The standard InChI is InChI=1S/C19H26N4O/c1-12(2)15-9-8-13(3)11-16(15)21-22-19(24)18-14(4)20-17-7-5-6-10-23(17)18/h5-7,10,12-13,15H,8-9,11H2,1-4H3,(H,22,24)/t13-,15-/m0/s1. The highest BCUT2D eigenvalue weighted by Gasteiger charge is 2.27. The molecule has 1 fully saturated rings. The Balaban J connectivity index is 1.84. The summed E-state index contributed by atoms with van der Waals surface area (Å²) in [5, 5.41) is 4.52. The van der Waals surface area contributed by atoms with Crippen LogP contribution in [0.4, 0.5) is 0 Å². The lowest BCUT2D eigenvalue weighted by Crippen LogP contribution is -2.31. The fraction of sp³-hybridized carbons (Fsp3) is 0.526. The first kappa shape index (κ1) is 16.7. The maximum Gasteiger partial charge on any atom is 0.290 e. The van der Waals surface area contributed by atoms with E-state index in [9.17, 15) is 4.79 Å². The van der Waals surface area contributed by atoms with Gasteiger partial charge in [-0.25, -0.2) is 10.4 Å². The number of imidazole rings is 1. The second-order valence-corrected chi connectivity index (χ2v) is 7.26. The smallest absolute Gasteiger partial charge is 0.290 e. The van der Waals surface area contributed by atoms with E-state index in [0.717, 1.165) is 29.9 Å². The zero-order valence-corrected chi connectivity index (χ0v) is 14.9. The van der Waals surface area contributed by atoms with Crippen LogP contribution in [-0.4, -0.2) is 21.0 Å². The molecule has 1 aliphatic carbocycles. The van der Waals surface area contributed by atoms with Crippen LogP contribution in [-0.2, 0) is 0 Å². The van der Waals surface area contributed by atoms with Crippen molar-refractivity contribution in [3.63, 3.8) is 0 Å². The van der Waals surface area contributed by atoms with Crippen LogP contribution in [0.2, 0.25) is 0 Å². The molecular formula is C19H26N4O. The average molecular weight is 326 g/mol. The van der Waals surface area contributed by atoms with Gasteiger partial charge in [-0.1, -0.05) is 26.8 Å². The molecule has 2 heterocycles. The summed E-state index contributed by atoms with van der Waals surface area (Å²) >= 11 is 0. The summed E-state index contributed by atoms with van der Waals surface area (Å²) in [7, 11) is 0. The van der Waals surface area contributed by atoms with E-state index in [1.807, 2.05) is 35.7 Å². The highest BCUT2D eigenvalue weighted by Crippen LogP contribution is 2.31. The number of amides is 1. The Hall–Kier alpha value is -2.17. The maximum absolute atomic E-state index is 12.7. The van der Waals surface area contributed by atoms with Gasteiger partial charge in [-0.3, -0.25) is 9.20 Å². The number of aryl methyl sites for hydroxylation is 1. The molecule has 2 aromatic heterocycles. The Morgan fingerprint density at radius 3 is 2.92 bits per heavy atom. The molecule has 0 aromatic carbocycles. The number of carbonyl (C=O) groups is 1. The lowest BCUT2D eigenvalue weighted by atomic mass is 9.76. The van der Waals surface area contributed by atoms with E-state index in [-0.39, 0.29) is 5.91 Å². The minimum atomic E-state index is -0.195. The van der Waals surface area contributed by atoms with Crippen LogP contribution in [0.25, 0.3) is 5.65 Å². The molecule has 0 saturated heterocycles. The molecule has 1 saturated carbocycles. The van der Waals surface area contributed by atoms with Crippen LogP contribution in [0.5, 0.6) is 0 Å². The van der Waals surface area contributed by atoms with Crippen molar-refractivity contribution in [2.75, 3.05) is 0 Å². The van der Waals surface area contributed by atoms with Gasteiger partial charge in [-0.2, -0.15) is 5.10 Å². The predicted molar refractivity (Wildman–Crippen MR) is 96.2 cm³/mol. The van der Waals surface area contributed by atoms with E-state index < -0.39 is 0 Å². The lowest BCUT2D eigenvalue weighted by molar-refractivity contribution is 0.0947. The molecule has 1 N–H and O–H groups in total. The molecule has 0 bridgehead atoms. The number of nitrogens with one attached hydrogen (secondary N) is 1. The Bertz CT molecular complexity index is 775. The summed E-state index contributed by atoms with van der Waals surface area (Å²) in [5.41, 5.74) is 5.96. The summed E-state index contributed by atoms with van der Waals surface area (Å²) in [5.74, 6) is 1.45. The molecule has 5 heteroatoms. The number of carbonyl (C=O) groups excluding carboxylic acids is 1. The predicted octanol–water partition coefficient (Wildman–Crippen LogP) is 3.82. The Morgan fingerprint density at radius 2 is 2.17 bits per heavy atom. The fourth-order valence-corrected chi connectivity index (χ4v) is 3.65. The first-order valence-corrected chi connectivity index (χ1v) is 8.77. The van der Waals surface area contributed by atoms with Crippen molar-refractivity contribution >= 4 is 17.3 Å². The molecule has 24 heavy (non-hydrogen) atoms. The minimum absolute atomic E-state index is 0.195. The average Bonchev–Trinajstić information content (AvgIpc) is 2.88. The number of rotatable bonds is 3. The second-order valence-electron chi connectivity index (χ2n) is 7.26. The summed E-state index contributed by atoms with van der Waals surface area (Å²) in [6.07, 6.45) is 5.22. The maximum atomic E-state index is 12.7. The quantitative estimate of drug-likeness (QED) is 0.872. The molecule has 128 valence electrons. The van der Waals surface area contributed by atoms with E-state index in [2.05, 4.69) is 36.3 Å². The van der Waals surface area contributed by atoms with Gasteiger partial charge >= 0.3 is 0 Å². The largest absolute Gasteiger partial charge is 0.295 e. The van der Waals surface area contributed by atoms with Gasteiger partial charge in [0.25, 0.3) is 5.91 Å². The van der Waals surface area contributed by atoms with Gasteiger partial charge in [0.05, 0.1) is 5.69 Å². The van der Waals surface area contributed by atoms with Gasteiger partial charge in [-0.15, -0.1) is 0 Å². The number of hydrogen-bond acceptors (Lipinski definition) is 3. The molecule has 1 aliphatic rings. The van der Waals surface area contributed by atoms with Gasteiger partial charge in [-0.05, 0) is 50.2 Å². The monoisotopic (exact) mass is 326 g/mol. The molecule has 0 spiro atoms. The van der Waals surface area contributed by atoms with Gasteiger partial charge in [0.1, 0.15) is 11.3 Å². The summed E-state index contributed by atoms with van der Waals surface area (Å²) in [6.45, 7) is 8.57. The summed E-state index contributed by atoms with van der Waals surface area (Å²) in [4.78, 5) is 17.1. The molecule has 5 nitrogen and oxygen atoms in total. The van der Waals surface area contributed by atoms with E-state index in [0.29, 0.717) is 23.4 Å². The van der Waals surface area contributed by atoms with E-state index >= 15 is 0 Å². The van der Waals surface area contributed by atoms with Gasteiger partial charge < -0.3 is 0 Å². The first-order valence-electron chi connectivity index (χ1n) is 8.77. The minimum Gasteiger partial charge on any atom is -0.295 e. The molecule has 0 radical (unpaired) electrons. The zero-order valence-electron chi connectivity index (χ0n) is 14.9. The Kier molecular flexibility index (Phi) is 4.69. The van der Waals surface area contributed by atoms with Crippen molar-refractivity contribution < 1.29 is 4.79 Å². The highest BCUT2D eigenvalue weighted by molar-refractivity contribution is 5.96. The normalized spacial score (nSPS) is 23.1. The van der Waals surface area contributed by atoms with E-state index in [4.69, 9.17) is 0 Å². The highest BCUT2D eigenvalue weighted by atomic mass is 16.2. The van der Waals surface area contributed by atoms with Crippen molar-refractivity contribution in [1.29, 1.82) is 0 Å². The third kappa shape index (κ3) is 3.21. The first-order chi connectivity index (χ1) is 11.5. The molecule has 2 aromatic rings. The van der Waals surface area contributed by atoms with Crippen molar-refractivity contribution in [3.8, 4) is 0 Å². The van der Waals surface area contributed by atoms with Crippen LogP contribution in [0, 0.1) is 24.7 Å². The van der Waals surface area contributed by atoms with E-state index in [1.165, 1.54) is 6.42 Å². The van der Waals surface area contributed by atoms with E-state index in [1.54, 1.807) is 0 Å². The molecular weight excluding hydrogens is 300 g/mol. The van der Waals surface area contributed by atoms with Gasteiger partial charge in [0.2, 0.25) is 0 Å². The topological polar surface area (TPSA) is 58.8 Å². The number of fused-ring (bicyclic) bond motifs is 1. The van der Waals surface area contributed by atoms with Gasteiger partial charge in [0.15, 0.2) is 0 Å². The zero-order chi connectivity index (χ0) is 17.3. The molecule has 1 amide bonds. The second kappa shape index (κ2) is 6.75. The Morgan fingerprint density at radius 1 is 1.38 bits per heavy atom. The van der Waals surface area contributed by atoms with Crippen LogP contribution in [0.1, 0.15) is 56.2 Å². The lowest BCUT2D eigenvalue weighted by Gasteiger charge is -2.30. The van der Waals surface area contributed by atoms with Crippen LogP contribution in [0.3, 0.4) is 0 Å². The summed E-state index contributed by atoms with van der Waals surface area (Å²) < 4.78 is 1.81. The van der Waals surface area contributed by atoms with Crippen LogP contribution < -0.4 is 5.43 Å². The van der Waals surface area contributed by atoms with Crippen molar-refractivity contribution in [1.82, 2.24) is 14.8 Å². The molecule has 0 unspecified atom stereocenters. The van der Waals surface area contributed by atoms with Crippen LogP contribution >= 0.6 is 0 Å². The third-order valence-electron chi connectivity index (χ3n) is 4.98. The molecule has 3 rings (SSSR count). The summed E-state index contributed by atoms with van der Waals surface area (Å²) in [6, 6.07) is 5.71. The third-order valence-corrected chi connectivity index (χ3v) is 4.98. The van der Waals surface area contributed by atoms with Gasteiger partial charge in [0, 0.05) is 17.8 Å².